The van der Waals surface area contributed by atoms with Crippen LogP contribution in [0.25, 0.3) is 0 Å². The molecular weight excluding hydrogens is 409 g/mol. The Balaban J connectivity index is 2.31. The first kappa shape index (κ1) is 23.9. The van der Waals surface area contributed by atoms with E-state index in [2.05, 4.69) is 25.0 Å². The number of aryl methyl sites for hydroxylation is 1. The van der Waals surface area contributed by atoms with Crippen molar-refractivity contribution in [2.45, 2.75) is 52.5 Å². The molecule has 0 fully saturated rings. The third-order valence-corrected chi connectivity index (χ3v) is 5.07. The molecule has 8 nitrogen and oxygen atoms in total. The maximum absolute atomic E-state index is 13.9. The maximum atomic E-state index is 13.9. The fourth-order valence-electron chi connectivity index (χ4n) is 3.03. The highest BCUT2D eigenvalue weighted by atomic mass is 32.2. The van der Waals surface area contributed by atoms with Gasteiger partial charge in [0, 0.05) is 6.42 Å². The molecule has 10 heteroatoms. The molecule has 0 bridgehead atoms. The van der Waals surface area contributed by atoms with E-state index in [0.717, 1.165) is 11.8 Å². The van der Waals surface area contributed by atoms with Crippen molar-refractivity contribution < 1.29 is 17.9 Å². The Kier molecular flexibility index (Phi) is 8.08. The highest BCUT2D eigenvalue weighted by molar-refractivity contribution is 7.91. The molecule has 166 valence electrons. The molecule has 2 atom stereocenters. The number of halogens is 1. The van der Waals surface area contributed by atoms with Gasteiger partial charge < -0.3 is 10.4 Å². The number of aliphatic hydroxyl groups is 1. The number of sulfonamides is 1. The molecule has 0 amide bonds. The first-order valence-electron chi connectivity index (χ1n) is 9.83. The number of hydrogen-bond acceptors (Lipinski definition) is 7. The van der Waals surface area contributed by atoms with Gasteiger partial charge in [-0.25, -0.2) is 12.8 Å². The number of benzene rings is 1. The van der Waals surface area contributed by atoms with Crippen LogP contribution >= 0.6 is 0 Å². The lowest BCUT2D eigenvalue weighted by atomic mass is 9.96. The van der Waals surface area contributed by atoms with Crippen LogP contribution in [0, 0.1) is 18.7 Å². The predicted octanol–water partition coefficient (Wildman–Crippen LogP) is 2.86. The number of rotatable bonds is 10. The van der Waals surface area contributed by atoms with E-state index in [1.807, 2.05) is 26.8 Å². The lowest BCUT2D eigenvalue weighted by molar-refractivity contribution is 0.259. The molecule has 1 aromatic carbocycles. The van der Waals surface area contributed by atoms with E-state index >= 15 is 0 Å². The molecule has 2 aromatic rings. The SMILES string of the molecule is Cc1ccc(C(C)Cc2nc(N[C@@H](CO)CC(C)C)nc(NS(C)(=O)=O)n2)cc1F. The number of hydrogen-bond donors (Lipinski definition) is 3. The molecule has 1 heterocycles. The van der Waals surface area contributed by atoms with Gasteiger partial charge in [-0.05, 0) is 42.4 Å². The second kappa shape index (κ2) is 10.1. The normalized spacial score (nSPS) is 13.9. The molecule has 1 unspecified atom stereocenters. The summed E-state index contributed by atoms with van der Waals surface area (Å²) in [5.74, 6) is 0.373. The zero-order valence-electron chi connectivity index (χ0n) is 18.0. The van der Waals surface area contributed by atoms with Crippen molar-refractivity contribution in [1.82, 2.24) is 15.0 Å². The smallest absolute Gasteiger partial charge is 0.241 e. The molecule has 0 aliphatic carbocycles. The monoisotopic (exact) mass is 439 g/mol. The van der Waals surface area contributed by atoms with Gasteiger partial charge in [-0.15, -0.1) is 0 Å². The lowest BCUT2D eigenvalue weighted by Gasteiger charge is -2.19. The fraction of sp³-hybridized carbons (Fsp3) is 0.550. The van der Waals surface area contributed by atoms with Crippen LogP contribution in [-0.2, 0) is 16.4 Å². The molecule has 0 radical (unpaired) electrons. The van der Waals surface area contributed by atoms with Crippen LogP contribution in [0.5, 0.6) is 0 Å². The molecule has 0 spiro atoms. The van der Waals surface area contributed by atoms with Gasteiger partial charge in [0.15, 0.2) is 0 Å². The van der Waals surface area contributed by atoms with E-state index in [4.69, 9.17) is 0 Å². The minimum atomic E-state index is -3.58. The molecule has 0 saturated carbocycles. The average Bonchev–Trinajstić information content (AvgIpc) is 2.61. The van der Waals surface area contributed by atoms with Crippen molar-refractivity contribution in [3.8, 4) is 0 Å². The molecule has 0 aliphatic rings. The zero-order chi connectivity index (χ0) is 22.5. The van der Waals surface area contributed by atoms with Crippen molar-refractivity contribution in [1.29, 1.82) is 0 Å². The first-order valence-corrected chi connectivity index (χ1v) is 11.7. The van der Waals surface area contributed by atoms with Crippen molar-refractivity contribution in [2.24, 2.45) is 5.92 Å². The van der Waals surface area contributed by atoms with Crippen molar-refractivity contribution in [3.05, 3.63) is 41.0 Å². The van der Waals surface area contributed by atoms with Crippen LogP contribution in [0.2, 0.25) is 0 Å². The standard InChI is InChI=1S/C20H30FN5O3S/c1-12(2)8-16(11-27)22-19-23-18(24-20(25-19)26-30(5,28)29)9-14(4)15-7-6-13(3)17(21)10-15/h6-7,10,12,14,16,27H,8-9,11H2,1-5H3,(H2,22,23,24,25,26)/t14?,16-/m1/s1. The van der Waals surface area contributed by atoms with E-state index in [1.54, 1.807) is 13.0 Å². The Morgan fingerprint density at radius 1 is 1.13 bits per heavy atom. The third-order valence-electron chi connectivity index (χ3n) is 4.52. The summed E-state index contributed by atoms with van der Waals surface area (Å²) in [6.45, 7) is 7.56. The summed E-state index contributed by atoms with van der Waals surface area (Å²) in [6.07, 6.45) is 2.05. The maximum Gasteiger partial charge on any atom is 0.241 e. The van der Waals surface area contributed by atoms with E-state index in [9.17, 15) is 17.9 Å². The van der Waals surface area contributed by atoms with E-state index in [-0.39, 0.29) is 36.3 Å². The topological polar surface area (TPSA) is 117 Å². The van der Waals surface area contributed by atoms with Crippen LogP contribution < -0.4 is 10.0 Å². The highest BCUT2D eigenvalue weighted by Crippen LogP contribution is 2.22. The van der Waals surface area contributed by atoms with Crippen LogP contribution in [-0.4, -0.2) is 47.4 Å². The Morgan fingerprint density at radius 2 is 1.80 bits per heavy atom. The summed E-state index contributed by atoms with van der Waals surface area (Å²) >= 11 is 0. The summed E-state index contributed by atoms with van der Waals surface area (Å²) in [7, 11) is -3.58. The third kappa shape index (κ3) is 7.49. The molecule has 2 rings (SSSR count). The second-order valence-electron chi connectivity index (χ2n) is 8.04. The number of nitrogens with zero attached hydrogens (tertiary/aromatic N) is 3. The molecule has 0 aliphatic heterocycles. The van der Waals surface area contributed by atoms with Crippen LogP contribution in [0.4, 0.5) is 16.3 Å². The summed E-state index contributed by atoms with van der Waals surface area (Å²) in [4.78, 5) is 12.7. The molecule has 0 saturated heterocycles. The van der Waals surface area contributed by atoms with Crippen LogP contribution in [0.1, 0.15) is 50.1 Å². The predicted molar refractivity (Wildman–Crippen MR) is 116 cm³/mol. The Bertz CT molecular complexity index is 969. The van der Waals surface area contributed by atoms with Gasteiger partial charge in [-0.1, -0.05) is 32.9 Å². The summed E-state index contributed by atoms with van der Waals surface area (Å²) < 4.78 is 39.5. The molecule has 1 aromatic heterocycles. The van der Waals surface area contributed by atoms with Gasteiger partial charge in [0.05, 0.1) is 18.9 Å². The molecular formula is C20H30FN5O3S. The Morgan fingerprint density at radius 3 is 2.37 bits per heavy atom. The van der Waals surface area contributed by atoms with Gasteiger partial charge in [0.2, 0.25) is 21.9 Å². The lowest BCUT2D eigenvalue weighted by Crippen LogP contribution is -2.27. The van der Waals surface area contributed by atoms with Crippen LogP contribution in [0.15, 0.2) is 18.2 Å². The second-order valence-corrected chi connectivity index (χ2v) is 9.79. The summed E-state index contributed by atoms with van der Waals surface area (Å²) in [5.41, 5.74) is 1.36. The number of aliphatic hydroxyl groups excluding tert-OH is 1. The number of aromatic nitrogens is 3. The number of nitrogens with one attached hydrogen (secondary N) is 2. The molecule has 3 N–H and O–H groups in total. The van der Waals surface area contributed by atoms with Crippen molar-refractivity contribution in [2.75, 3.05) is 22.9 Å². The highest BCUT2D eigenvalue weighted by Gasteiger charge is 2.17. The summed E-state index contributed by atoms with van der Waals surface area (Å²) in [5, 5.41) is 12.7. The van der Waals surface area contributed by atoms with Gasteiger partial charge in [0.1, 0.15) is 11.6 Å². The quantitative estimate of drug-likeness (QED) is 0.521. The van der Waals surface area contributed by atoms with Crippen LogP contribution in [0.3, 0.4) is 0 Å². The van der Waals surface area contributed by atoms with E-state index in [1.165, 1.54) is 6.07 Å². The van der Waals surface area contributed by atoms with Gasteiger partial charge in [0.25, 0.3) is 0 Å². The van der Waals surface area contributed by atoms with Crippen molar-refractivity contribution in [3.63, 3.8) is 0 Å². The minimum absolute atomic E-state index is 0.103. The van der Waals surface area contributed by atoms with Gasteiger partial charge in [-0.3, -0.25) is 4.72 Å². The van der Waals surface area contributed by atoms with E-state index in [0.29, 0.717) is 30.1 Å². The number of anilines is 2. The Labute approximate surface area is 177 Å². The fourth-order valence-corrected chi connectivity index (χ4v) is 3.45. The van der Waals surface area contributed by atoms with Crippen molar-refractivity contribution >= 4 is 21.9 Å². The summed E-state index contributed by atoms with van der Waals surface area (Å²) in [6, 6.07) is 4.77. The first-order chi connectivity index (χ1) is 14.0. The zero-order valence-corrected chi connectivity index (χ0v) is 18.8. The minimum Gasteiger partial charge on any atom is -0.394 e. The Hall–Kier alpha value is -2.33. The average molecular weight is 440 g/mol. The van der Waals surface area contributed by atoms with E-state index < -0.39 is 10.0 Å². The van der Waals surface area contributed by atoms with Gasteiger partial charge >= 0.3 is 0 Å². The van der Waals surface area contributed by atoms with Gasteiger partial charge in [-0.2, -0.15) is 15.0 Å². The largest absolute Gasteiger partial charge is 0.394 e. The molecule has 30 heavy (non-hydrogen) atoms.